The molecule has 3 heterocycles. The molecule has 0 aliphatic carbocycles. The zero-order valence-electron chi connectivity index (χ0n) is 22.4. The van der Waals surface area contributed by atoms with Gasteiger partial charge >= 0.3 is 12.1 Å². The summed E-state index contributed by atoms with van der Waals surface area (Å²) in [6, 6.07) is 16.1. The number of benzene rings is 2. The maximum Gasteiger partial charge on any atom is 0.407 e. The van der Waals surface area contributed by atoms with E-state index < -0.39 is 12.1 Å². The fraction of sp³-hybridized carbons (Fsp3) is 0.310. The molecule has 40 heavy (non-hydrogen) atoms. The van der Waals surface area contributed by atoms with Crippen molar-refractivity contribution in [3.8, 4) is 17.2 Å². The predicted octanol–water partition coefficient (Wildman–Crippen LogP) is 5.01. The number of nitrogens with one attached hydrogen (secondary N) is 1. The van der Waals surface area contributed by atoms with Crippen molar-refractivity contribution in [1.82, 2.24) is 19.7 Å². The number of ether oxygens (including phenoxy) is 3. The van der Waals surface area contributed by atoms with Gasteiger partial charge in [0.2, 0.25) is 0 Å². The van der Waals surface area contributed by atoms with E-state index in [1.807, 2.05) is 24.3 Å². The smallest absolute Gasteiger partial charge is 0.407 e. The van der Waals surface area contributed by atoms with E-state index in [2.05, 4.69) is 10.3 Å². The lowest BCUT2D eigenvalue weighted by atomic mass is 10.1. The average molecular weight is 546 g/mol. The van der Waals surface area contributed by atoms with E-state index in [0.717, 1.165) is 24.2 Å². The molecule has 2 aromatic carbocycles. The molecule has 1 saturated heterocycles. The Morgan fingerprint density at radius 1 is 1.07 bits per heavy atom. The van der Waals surface area contributed by atoms with Crippen molar-refractivity contribution in [1.29, 1.82) is 0 Å². The van der Waals surface area contributed by atoms with Crippen LogP contribution in [0.1, 0.15) is 35.7 Å². The Morgan fingerprint density at radius 2 is 1.82 bits per heavy atom. The normalized spacial score (nSPS) is 15.1. The number of piperidine rings is 1. The number of pyridine rings is 1. The van der Waals surface area contributed by atoms with Crippen LogP contribution < -0.4 is 14.8 Å². The molecule has 2 aromatic heterocycles. The highest BCUT2D eigenvalue weighted by Gasteiger charge is 2.26. The number of nitrogens with zero attached hydrogens (tertiary/aromatic N) is 4. The Balaban J connectivity index is 1.48. The van der Waals surface area contributed by atoms with Crippen molar-refractivity contribution in [2.75, 3.05) is 32.1 Å². The van der Waals surface area contributed by atoms with Crippen molar-refractivity contribution in [2.24, 2.45) is 0 Å². The second-order valence-electron chi connectivity index (χ2n) is 9.42. The number of hydrogen-bond acceptors (Lipinski definition) is 8. The molecular weight excluding hydrogens is 514 g/mol. The minimum atomic E-state index is -0.932. The minimum Gasteiger partial charge on any atom is -0.497 e. The third-order valence-electron chi connectivity index (χ3n) is 6.71. The van der Waals surface area contributed by atoms with Gasteiger partial charge in [-0.3, -0.25) is 0 Å². The van der Waals surface area contributed by atoms with Crippen molar-refractivity contribution in [3.63, 3.8) is 0 Å². The van der Waals surface area contributed by atoms with Gasteiger partial charge in [0.25, 0.3) is 0 Å². The van der Waals surface area contributed by atoms with Gasteiger partial charge in [-0.15, -0.1) is 0 Å². The molecule has 0 saturated carbocycles. The largest absolute Gasteiger partial charge is 0.497 e. The summed E-state index contributed by atoms with van der Waals surface area (Å²) in [7, 11) is 1.63. The maximum atomic E-state index is 12.0. The van der Waals surface area contributed by atoms with E-state index in [-0.39, 0.29) is 6.04 Å². The van der Waals surface area contributed by atoms with E-state index >= 15 is 0 Å². The van der Waals surface area contributed by atoms with Gasteiger partial charge < -0.3 is 29.5 Å². The summed E-state index contributed by atoms with van der Waals surface area (Å²) in [4.78, 5) is 29.7. The zero-order chi connectivity index (χ0) is 28.1. The fourth-order valence-electron chi connectivity index (χ4n) is 4.73. The molecule has 1 fully saturated rings. The number of hydrogen-bond donors (Lipinski definition) is 2. The van der Waals surface area contributed by atoms with E-state index in [0.29, 0.717) is 60.2 Å². The zero-order valence-corrected chi connectivity index (χ0v) is 22.4. The average Bonchev–Trinajstić information content (AvgIpc) is 3.31. The predicted molar refractivity (Wildman–Crippen MR) is 148 cm³/mol. The van der Waals surface area contributed by atoms with Crippen LogP contribution in [0, 0.1) is 0 Å². The van der Waals surface area contributed by atoms with Crippen molar-refractivity contribution < 1.29 is 28.9 Å². The lowest BCUT2D eigenvalue weighted by molar-refractivity contribution is 0.0526. The van der Waals surface area contributed by atoms with E-state index in [9.17, 15) is 14.7 Å². The number of amides is 1. The van der Waals surface area contributed by atoms with Gasteiger partial charge in [0.1, 0.15) is 22.6 Å². The number of carboxylic acid groups (broad SMARTS) is 1. The first-order chi connectivity index (χ1) is 19.4. The summed E-state index contributed by atoms with van der Waals surface area (Å²) in [5.74, 6) is 1.99. The topological polar surface area (TPSA) is 128 Å². The molecule has 208 valence electrons. The summed E-state index contributed by atoms with van der Waals surface area (Å²) >= 11 is 0. The minimum absolute atomic E-state index is 0.116. The summed E-state index contributed by atoms with van der Waals surface area (Å²) < 4.78 is 18.4. The summed E-state index contributed by atoms with van der Waals surface area (Å²) in [6.07, 6.45) is 2.29. The number of carbonyl (C=O) groups excluding carboxylic acids is 1. The first-order valence-corrected chi connectivity index (χ1v) is 13.1. The monoisotopic (exact) mass is 545 g/mol. The number of likely N-dealkylation sites (tertiary alicyclic amines) is 1. The molecule has 11 heteroatoms. The van der Waals surface area contributed by atoms with Crippen molar-refractivity contribution in [2.45, 2.75) is 32.4 Å². The molecular formula is C29H31N5O6. The number of fused-ring (bicyclic) bond motifs is 1. The van der Waals surface area contributed by atoms with Gasteiger partial charge in [0.05, 0.1) is 25.8 Å². The molecule has 0 bridgehead atoms. The number of carbonyl (C=O) groups is 2. The van der Waals surface area contributed by atoms with Crippen LogP contribution in [0.25, 0.3) is 11.0 Å². The van der Waals surface area contributed by atoms with Crippen LogP contribution in [-0.4, -0.2) is 69.7 Å². The van der Waals surface area contributed by atoms with E-state index in [1.54, 1.807) is 55.2 Å². The molecule has 1 unspecified atom stereocenters. The number of methoxy groups -OCH3 is 1. The van der Waals surface area contributed by atoms with Crippen LogP contribution in [-0.2, 0) is 11.3 Å². The first kappa shape index (κ1) is 26.8. The Morgan fingerprint density at radius 3 is 2.52 bits per heavy atom. The summed E-state index contributed by atoms with van der Waals surface area (Å²) in [5.41, 5.74) is 2.06. The van der Waals surface area contributed by atoms with Gasteiger partial charge in [-0.25, -0.2) is 19.3 Å². The second-order valence-corrected chi connectivity index (χ2v) is 9.42. The molecule has 1 atom stereocenters. The molecule has 1 aliphatic heterocycles. The number of esters is 1. The van der Waals surface area contributed by atoms with Crippen LogP contribution in [0.15, 0.2) is 60.8 Å². The highest BCUT2D eigenvalue weighted by atomic mass is 16.5. The molecule has 5 rings (SSSR count). The van der Waals surface area contributed by atoms with Crippen molar-refractivity contribution >= 4 is 28.9 Å². The molecule has 0 spiro atoms. The molecule has 2 N–H and O–H groups in total. The Kier molecular flexibility index (Phi) is 7.99. The van der Waals surface area contributed by atoms with Gasteiger partial charge in [0, 0.05) is 31.4 Å². The molecule has 11 nitrogen and oxygen atoms in total. The Hall–Kier alpha value is -4.80. The quantitative estimate of drug-likeness (QED) is 0.279. The molecule has 4 aromatic rings. The molecule has 0 radical (unpaired) electrons. The fourth-order valence-corrected chi connectivity index (χ4v) is 4.73. The third kappa shape index (κ3) is 5.93. The summed E-state index contributed by atoms with van der Waals surface area (Å²) in [6.45, 7) is 3.38. The number of rotatable bonds is 9. The van der Waals surface area contributed by atoms with Crippen LogP contribution in [0.4, 0.5) is 10.6 Å². The standard InChI is InChI=1S/C29H31N5O6/c1-3-39-28(35)20-8-12-23(13-9-20)40-24-14-15-30-27-25(24)26(31-21-5-4-16-33(18-21)29(36)37)32-34(27)17-19-6-10-22(38-2)11-7-19/h6-15,21H,3-5,16-18H2,1-2H3,(H,31,32)(H,36,37). The second kappa shape index (κ2) is 11.9. The van der Waals surface area contributed by atoms with Crippen LogP contribution in [0.2, 0.25) is 0 Å². The van der Waals surface area contributed by atoms with Crippen LogP contribution in [0.5, 0.6) is 17.2 Å². The van der Waals surface area contributed by atoms with Gasteiger partial charge in [0.15, 0.2) is 11.5 Å². The SMILES string of the molecule is CCOC(=O)c1ccc(Oc2ccnc3c2c(NC2CCCN(C(=O)O)C2)nn3Cc2ccc(OC)cc2)cc1. The lowest BCUT2D eigenvalue weighted by Crippen LogP contribution is -2.44. The first-order valence-electron chi connectivity index (χ1n) is 13.1. The highest BCUT2D eigenvalue weighted by molar-refractivity contribution is 5.94. The van der Waals surface area contributed by atoms with Crippen molar-refractivity contribution in [3.05, 3.63) is 71.9 Å². The Bertz CT molecular complexity index is 1490. The lowest BCUT2D eigenvalue weighted by Gasteiger charge is -2.31. The van der Waals surface area contributed by atoms with E-state index in [1.165, 1.54) is 4.90 Å². The molecule has 1 aliphatic rings. The van der Waals surface area contributed by atoms with E-state index in [4.69, 9.17) is 19.3 Å². The van der Waals surface area contributed by atoms with Crippen LogP contribution in [0.3, 0.4) is 0 Å². The van der Waals surface area contributed by atoms with Gasteiger partial charge in [-0.2, -0.15) is 5.10 Å². The highest BCUT2D eigenvalue weighted by Crippen LogP contribution is 2.35. The number of anilines is 1. The van der Waals surface area contributed by atoms with Gasteiger partial charge in [-0.05, 0) is 61.7 Å². The molecule has 1 amide bonds. The summed E-state index contributed by atoms with van der Waals surface area (Å²) in [5, 5.41) is 18.5. The Labute approximate surface area is 231 Å². The van der Waals surface area contributed by atoms with Gasteiger partial charge in [-0.1, -0.05) is 12.1 Å². The number of aromatic nitrogens is 3. The van der Waals surface area contributed by atoms with Crippen LogP contribution >= 0.6 is 0 Å². The maximum absolute atomic E-state index is 12.0. The third-order valence-corrected chi connectivity index (χ3v) is 6.71.